The van der Waals surface area contributed by atoms with E-state index in [4.69, 9.17) is 5.10 Å². The molecule has 5 heteroatoms. The summed E-state index contributed by atoms with van der Waals surface area (Å²) >= 11 is 6.98. The van der Waals surface area contributed by atoms with E-state index >= 15 is 0 Å². The Labute approximate surface area is 176 Å². The number of carbonyl (C=O) groups excluding carboxylic acids is 1. The van der Waals surface area contributed by atoms with Crippen LogP contribution >= 0.6 is 31.9 Å². The van der Waals surface area contributed by atoms with Gasteiger partial charge in [-0.1, -0.05) is 56.1 Å². The predicted octanol–water partition coefficient (Wildman–Crippen LogP) is 6.35. The Morgan fingerprint density at radius 1 is 1.07 bits per heavy atom. The van der Waals surface area contributed by atoms with Crippen LogP contribution in [0.1, 0.15) is 43.4 Å². The Hall–Kier alpha value is -1.72. The summed E-state index contributed by atoms with van der Waals surface area (Å²) < 4.78 is 2.11. The maximum Gasteiger partial charge on any atom is 0.240 e. The summed E-state index contributed by atoms with van der Waals surface area (Å²) in [6.45, 7) is 1.60. The van der Waals surface area contributed by atoms with Crippen LogP contribution < -0.4 is 0 Å². The number of halogens is 2. The minimum Gasteiger partial charge on any atom is -0.273 e. The SMILES string of the molecule is CC(=O)N1N=C2C(=Cc3ccc(Br)cc3)CCC[C@@H]2[C@@H]1c1ccc(Br)cc1. The molecule has 0 saturated heterocycles. The Bertz CT molecular complexity index is 916. The smallest absolute Gasteiger partial charge is 0.240 e. The van der Waals surface area contributed by atoms with E-state index in [2.05, 4.69) is 74.3 Å². The second kappa shape index (κ2) is 7.72. The van der Waals surface area contributed by atoms with E-state index in [1.165, 1.54) is 5.57 Å². The van der Waals surface area contributed by atoms with Crippen LogP contribution in [0.15, 0.2) is 68.2 Å². The van der Waals surface area contributed by atoms with Crippen LogP contribution in [-0.4, -0.2) is 16.6 Å². The van der Waals surface area contributed by atoms with Gasteiger partial charge in [0, 0.05) is 21.8 Å². The first-order valence-corrected chi connectivity index (χ1v) is 10.7. The zero-order valence-corrected chi connectivity index (χ0v) is 18.2. The summed E-state index contributed by atoms with van der Waals surface area (Å²) in [6, 6.07) is 16.5. The molecule has 0 radical (unpaired) electrons. The van der Waals surface area contributed by atoms with Crippen LogP contribution in [-0.2, 0) is 4.79 Å². The molecule has 4 rings (SSSR count). The van der Waals surface area contributed by atoms with Crippen LogP contribution in [0.3, 0.4) is 0 Å². The topological polar surface area (TPSA) is 32.7 Å². The predicted molar refractivity (Wildman–Crippen MR) is 116 cm³/mol. The molecule has 2 aromatic carbocycles. The molecule has 1 heterocycles. The van der Waals surface area contributed by atoms with Gasteiger partial charge in [0.1, 0.15) is 0 Å². The standard InChI is InChI=1S/C22H20Br2N2O/c1-14(27)26-22(16-7-11-19(24)12-8-16)20-4-2-3-17(21(20)25-26)13-15-5-9-18(23)10-6-15/h5-13,20,22H,2-4H2,1H3/t20-,22-/m0/s1. The third kappa shape index (κ3) is 3.81. The number of fused-ring (bicyclic) bond motifs is 1. The summed E-state index contributed by atoms with van der Waals surface area (Å²) in [5.74, 6) is 0.248. The number of nitrogens with zero attached hydrogens (tertiary/aromatic N) is 2. The molecule has 0 N–H and O–H groups in total. The lowest BCUT2D eigenvalue weighted by Crippen LogP contribution is -2.30. The van der Waals surface area contributed by atoms with Gasteiger partial charge in [0.2, 0.25) is 5.91 Å². The number of amides is 1. The fraction of sp³-hybridized carbons (Fsp3) is 0.273. The quantitative estimate of drug-likeness (QED) is 0.485. The molecule has 1 amide bonds. The van der Waals surface area contributed by atoms with Crippen LogP contribution in [0, 0.1) is 5.92 Å². The van der Waals surface area contributed by atoms with Crippen LogP contribution in [0.25, 0.3) is 6.08 Å². The van der Waals surface area contributed by atoms with Crippen LogP contribution in [0.5, 0.6) is 0 Å². The van der Waals surface area contributed by atoms with E-state index in [1.807, 2.05) is 12.1 Å². The molecule has 0 unspecified atom stereocenters. The van der Waals surface area contributed by atoms with Gasteiger partial charge in [0.25, 0.3) is 0 Å². The molecule has 1 aliphatic heterocycles. The monoisotopic (exact) mass is 486 g/mol. The van der Waals surface area contributed by atoms with Gasteiger partial charge in [0.15, 0.2) is 0 Å². The number of hydrazone groups is 1. The van der Waals surface area contributed by atoms with E-state index in [9.17, 15) is 4.79 Å². The molecular weight excluding hydrogens is 468 g/mol. The number of hydrogen-bond donors (Lipinski definition) is 0. The number of rotatable bonds is 2. The molecule has 27 heavy (non-hydrogen) atoms. The van der Waals surface area contributed by atoms with Crippen molar-refractivity contribution >= 4 is 49.6 Å². The van der Waals surface area contributed by atoms with Gasteiger partial charge in [-0.15, -0.1) is 0 Å². The first-order valence-electron chi connectivity index (χ1n) is 9.13. The lowest BCUT2D eigenvalue weighted by atomic mass is 9.77. The van der Waals surface area contributed by atoms with E-state index in [-0.39, 0.29) is 17.9 Å². The van der Waals surface area contributed by atoms with Gasteiger partial charge < -0.3 is 0 Å². The molecule has 3 nitrogen and oxygen atoms in total. The summed E-state index contributed by atoms with van der Waals surface area (Å²) in [4.78, 5) is 12.3. The first-order chi connectivity index (χ1) is 13.0. The Kier molecular flexibility index (Phi) is 5.33. The zero-order chi connectivity index (χ0) is 19.0. The van der Waals surface area contributed by atoms with Crippen LogP contribution in [0.2, 0.25) is 0 Å². The molecule has 138 valence electrons. The minimum absolute atomic E-state index is 0.00666. The second-order valence-corrected chi connectivity index (χ2v) is 8.90. The van der Waals surface area contributed by atoms with Crippen molar-refractivity contribution in [3.8, 4) is 0 Å². The molecule has 0 bridgehead atoms. The summed E-state index contributed by atoms with van der Waals surface area (Å²) in [5.41, 5.74) is 4.63. The normalized spacial score (nSPS) is 23.3. The fourth-order valence-electron chi connectivity index (χ4n) is 4.02. The lowest BCUT2D eigenvalue weighted by molar-refractivity contribution is -0.131. The Morgan fingerprint density at radius 3 is 2.33 bits per heavy atom. The van der Waals surface area contributed by atoms with Gasteiger partial charge in [-0.05, 0) is 66.3 Å². The summed E-state index contributed by atoms with van der Waals surface area (Å²) in [6.07, 6.45) is 5.40. The first kappa shape index (κ1) is 18.6. The van der Waals surface area contributed by atoms with Crippen molar-refractivity contribution in [3.05, 3.63) is 74.2 Å². The Morgan fingerprint density at radius 2 is 1.70 bits per heavy atom. The number of benzene rings is 2. The van der Waals surface area contributed by atoms with Crippen molar-refractivity contribution in [1.82, 2.24) is 5.01 Å². The van der Waals surface area contributed by atoms with E-state index < -0.39 is 0 Å². The fourth-order valence-corrected chi connectivity index (χ4v) is 4.54. The molecule has 0 spiro atoms. The molecule has 2 aliphatic rings. The van der Waals surface area contributed by atoms with Crippen molar-refractivity contribution < 1.29 is 4.79 Å². The number of allylic oxidation sites excluding steroid dienone is 1. The van der Waals surface area contributed by atoms with Gasteiger partial charge in [0.05, 0.1) is 11.8 Å². The van der Waals surface area contributed by atoms with Crippen LogP contribution in [0.4, 0.5) is 0 Å². The maximum atomic E-state index is 12.3. The highest BCUT2D eigenvalue weighted by Crippen LogP contribution is 2.44. The van der Waals surface area contributed by atoms with Crippen molar-refractivity contribution in [2.75, 3.05) is 0 Å². The highest BCUT2D eigenvalue weighted by atomic mass is 79.9. The Balaban J connectivity index is 1.72. The largest absolute Gasteiger partial charge is 0.273 e. The second-order valence-electron chi connectivity index (χ2n) is 7.07. The van der Waals surface area contributed by atoms with Gasteiger partial charge in [-0.2, -0.15) is 5.10 Å². The molecule has 1 saturated carbocycles. The van der Waals surface area contributed by atoms with E-state index in [0.717, 1.165) is 45.0 Å². The molecule has 0 aromatic heterocycles. The van der Waals surface area contributed by atoms with E-state index in [0.29, 0.717) is 0 Å². The molecule has 1 fully saturated rings. The highest BCUT2D eigenvalue weighted by Gasteiger charge is 2.42. The number of hydrogen-bond acceptors (Lipinski definition) is 2. The van der Waals surface area contributed by atoms with Crippen molar-refractivity contribution in [3.63, 3.8) is 0 Å². The summed E-state index contributed by atoms with van der Waals surface area (Å²) in [7, 11) is 0. The molecule has 2 atom stereocenters. The number of carbonyl (C=O) groups is 1. The highest BCUT2D eigenvalue weighted by molar-refractivity contribution is 9.10. The summed E-state index contributed by atoms with van der Waals surface area (Å²) in [5, 5.41) is 6.48. The third-order valence-corrected chi connectivity index (χ3v) is 6.30. The average Bonchev–Trinajstić information content (AvgIpc) is 3.05. The van der Waals surface area contributed by atoms with Gasteiger partial charge in [-0.25, -0.2) is 5.01 Å². The molecule has 1 aliphatic carbocycles. The average molecular weight is 488 g/mol. The van der Waals surface area contributed by atoms with Crippen molar-refractivity contribution in [2.24, 2.45) is 11.0 Å². The van der Waals surface area contributed by atoms with Gasteiger partial charge in [-0.3, -0.25) is 4.79 Å². The third-order valence-electron chi connectivity index (χ3n) is 5.25. The lowest BCUT2D eigenvalue weighted by Gasteiger charge is -2.29. The van der Waals surface area contributed by atoms with E-state index in [1.54, 1.807) is 11.9 Å². The molecule has 2 aromatic rings. The minimum atomic E-state index is -0.0146. The zero-order valence-electron chi connectivity index (χ0n) is 15.0. The van der Waals surface area contributed by atoms with Gasteiger partial charge >= 0.3 is 0 Å². The molecular formula is C22H20Br2N2O. The van der Waals surface area contributed by atoms with Crippen molar-refractivity contribution in [1.29, 1.82) is 0 Å². The maximum absolute atomic E-state index is 12.3. The van der Waals surface area contributed by atoms with Crippen molar-refractivity contribution in [2.45, 2.75) is 32.2 Å².